The maximum Gasteiger partial charge on any atom is 0.339 e. The van der Waals surface area contributed by atoms with Crippen molar-refractivity contribution in [1.29, 1.82) is 0 Å². The molecule has 0 amide bonds. The molecule has 1 aliphatic rings. The molecular formula is C35H38ClN3O4. The molecule has 0 atom stereocenters. The molecule has 1 heterocycles. The summed E-state index contributed by atoms with van der Waals surface area (Å²) >= 11 is 6.17. The van der Waals surface area contributed by atoms with Crippen LogP contribution >= 0.6 is 11.6 Å². The zero-order valence-electron chi connectivity index (χ0n) is 24.7. The number of carboxylic acids is 1. The molecule has 8 heteroatoms. The highest BCUT2D eigenvalue weighted by Crippen LogP contribution is 2.31. The van der Waals surface area contributed by atoms with E-state index in [9.17, 15) is 9.90 Å². The summed E-state index contributed by atoms with van der Waals surface area (Å²) in [5.41, 5.74) is 4.84. The van der Waals surface area contributed by atoms with Crippen molar-refractivity contribution in [3.8, 4) is 28.4 Å². The number of nitrogens with zero attached hydrogens (tertiary/aromatic N) is 3. The highest BCUT2D eigenvalue weighted by molar-refractivity contribution is 6.30. The van der Waals surface area contributed by atoms with Gasteiger partial charge in [-0.3, -0.25) is 4.90 Å². The molecule has 43 heavy (non-hydrogen) atoms. The molecule has 0 saturated carbocycles. The van der Waals surface area contributed by atoms with Crippen molar-refractivity contribution < 1.29 is 19.4 Å². The second-order valence-corrected chi connectivity index (χ2v) is 11.4. The van der Waals surface area contributed by atoms with Crippen LogP contribution in [0.15, 0.2) is 91.0 Å². The van der Waals surface area contributed by atoms with Crippen molar-refractivity contribution in [3.63, 3.8) is 0 Å². The van der Waals surface area contributed by atoms with Gasteiger partial charge >= 0.3 is 5.97 Å². The molecule has 4 aromatic rings. The Labute approximate surface area is 258 Å². The minimum Gasteiger partial charge on any atom is -0.494 e. The van der Waals surface area contributed by atoms with E-state index in [1.165, 1.54) is 11.1 Å². The van der Waals surface area contributed by atoms with Crippen LogP contribution in [0.25, 0.3) is 11.1 Å². The number of hydrogen-bond donors (Lipinski definition) is 1. The summed E-state index contributed by atoms with van der Waals surface area (Å²) in [6, 6.07) is 28.9. The van der Waals surface area contributed by atoms with E-state index in [-0.39, 0.29) is 5.56 Å². The van der Waals surface area contributed by atoms with Crippen LogP contribution < -0.4 is 14.4 Å². The average Bonchev–Trinajstić information content (AvgIpc) is 3.01. The Morgan fingerprint density at radius 3 is 2.28 bits per heavy atom. The standard InChI is InChI=1S/C35H38ClN3O4/c1-37(2)18-5-23-42-31-16-17-32(26-8-10-28(36)11-9-26)27(24-31)25-38-19-21-39(22-20-38)29-12-14-30(15-13-29)43-34-7-4-3-6-33(34)35(40)41/h3-4,6-17,24H,5,18-23,25H2,1-2H3,(H,40,41). The lowest BCUT2D eigenvalue weighted by molar-refractivity contribution is 0.0694. The monoisotopic (exact) mass is 599 g/mol. The van der Waals surface area contributed by atoms with Crippen molar-refractivity contribution in [2.45, 2.75) is 13.0 Å². The van der Waals surface area contributed by atoms with Crippen molar-refractivity contribution in [2.24, 2.45) is 0 Å². The topological polar surface area (TPSA) is 65.5 Å². The van der Waals surface area contributed by atoms with Gasteiger partial charge in [0.15, 0.2) is 0 Å². The third-order valence-electron chi connectivity index (χ3n) is 7.56. The lowest BCUT2D eigenvalue weighted by Crippen LogP contribution is -2.46. The van der Waals surface area contributed by atoms with Gasteiger partial charge in [0.1, 0.15) is 22.8 Å². The average molecular weight is 600 g/mol. The van der Waals surface area contributed by atoms with Crippen LogP contribution in [0.3, 0.4) is 0 Å². The fourth-order valence-electron chi connectivity index (χ4n) is 5.26. The molecule has 1 fully saturated rings. The van der Waals surface area contributed by atoms with Crippen molar-refractivity contribution in [2.75, 3.05) is 58.3 Å². The zero-order chi connectivity index (χ0) is 30.2. The van der Waals surface area contributed by atoms with Gasteiger partial charge in [0.25, 0.3) is 0 Å². The summed E-state index contributed by atoms with van der Waals surface area (Å²) in [6.45, 7) is 6.17. The van der Waals surface area contributed by atoms with Gasteiger partial charge in [0.2, 0.25) is 0 Å². The Morgan fingerprint density at radius 2 is 1.58 bits per heavy atom. The Hall–Kier alpha value is -4.04. The van der Waals surface area contributed by atoms with E-state index in [4.69, 9.17) is 21.1 Å². The molecule has 4 aromatic carbocycles. The number of benzene rings is 4. The number of piperazine rings is 1. The maximum absolute atomic E-state index is 11.5. The largest absolute Gasteiger partial charge is 0.494 e. The summed E-state index contributed by atoms with van der Waals surface area (Å²) in [5.74, 6) is 0.829. The van der Waals surface area contributed by atoms with Crippen molar-refractivity contribution >= 4 is 23.3 Å². The molecule has 224 valence electrons. The van der Waals surface area contributed by atoms with Gasteiger partial charge in [-0.15, -0.1) is 0 Å². The quantitative estimate of drug-likeness (QED) is 0.173. The number of carboxylic acid groups (broad SMARTS) is 1. The summed E-state index contributed by atoms with van der Waals surface area (Å²) in [4.78, 5) is 18.5. The van der Waals surface area contributed by atoms with Crippen LogP contribution in [-0.2, 0) is 6.54 Å². The predicted octanol–water partition coefficient (Wildman–Crippen LogP) is 7.15. The van der Waals surface area contributed by atoms with E-state index >= 15 is 0 Å². The van der Waals surface area contributed by atoms with Gasteiger partial charge in [0.05, 0.1) is 6.61 Å². The Morgan fingerprint density at radius 1 is 0.884 bits per heavy atom. The number of hydrogen-bond acceptors (Lipinski definition) is 6. The fourth-order valence-corrected chi connectivity index (χ4v) is 5.39. The van der Waals surface area contributed by atoms with Gasteiger partial charge in [-0.1, -0.05) is 41.9 Å². The van der Waals surface area contributed by atoms with Gasteiger partial charge in [-0.25, -0.2) is 4.79 Å². The number of rotatable bonds is 12. The van der Waals surface area contributed by atoms with Crippen LogP contribution in [0, 0.1) is 0 Å². The molecule has 5 rings (SSSR count). The van der Waals surface area contributed by atoms with Gasteiger partial charge < -0.3 is 24.4 Å². The Balaban J connectivity index is 1.22. The molecule has 0 unspecified atom stereocenters. The summed E-state index contributed by atoms with van der Waals surface area (Å²) in [6.07, 6.45) is 0.978. The molecule has 0 radical (unpaired) electrons. The third-order valence-corrected chi connectivity index (χ3v) is 7.82. The number of aromatic carboxylic acids is 1. The molecule has 0 aromatic heterocycles. The van der Waals surface area contributed by atoms with E-state index in [1.807, 2.05) is 36.4 Å². The molecule has 0 aliphatic carbocycles. The first-order valence-electron chi connectivity index (χ1n) is 14.6. The molecule has 1 N–H and O–H groups in total. The van der Waals surface area contributed by atoms with E-state index in [2.05, 4.69) is 59.1 Å². The summed E-state index contributed by atoms with van der Waals surface area (Å²) in [7, 11) is 4.15. The SMILES string of the molecule is CN(C)CCCOc1ccc(-c2ccc(Cl)cc2)c(CN2CCN(c3ccc(Oc4ccccc4C(=O)O)cc3)CC2)c1. The third kappa shape index (κ3) is 8.29. The highest BCUT2D eigenvalue weighted by atomic mass is 35.5. The number of carbonyl (C=O) groups is 1. The van der Waals surface area contributed by atoms with Crippen molar-refractivity contribution in [3.05, 3.63) is 107 Å². The molecule has 1 aliphatic heterocycles. The van der Waals surface area contributed by atoms with Gasteiger partial charge in [-0.2, -0.15) is 0 Å². The van der Waals surface area contributed by atoms with Crippen LogP contribution in [0.4, 0.5) is 5.69 Å². The zero-order valence-corrected chi connectivity index (χ0v) is 25.5. The van der Waals surface area contributed by atoms with Gasteiger partial charge in [0, 0.05) is 50.0 Å². The normalized spacial score (nSPS) is 13.7. The summed E-state index contributed by atoms with van der Waals surface area (Å²) < 4.78 is 12.0. The maximum atomic E-state index is 11.5. The molecule has 0 spiro atoms. The first-order valence-corrected chi connectivity index (χ1v) is 15.0. The van der Waals surface area contributed by atoms with E-state index in [0.717, 1.165) is 67.7 Å². The van der Waals surface area contributed by atoms with Crippen LogP contribution in [0.5, 0.6) is 17.2 Å². The molecular weight excluding hydrogens is 562 g/mol. The second-order valence-electron chi connectivity index (χ2n) is 11.0. The molecule has 1 saturated heterocycles. The Bertz CT molecular complexity index is 1500. The summed E-state index contributed by atoms with van der Waals surface area (Å²) in [5, 5.41) is 10.2. The van der Waals surface area contributed by atoms with E-state index in [1.54, 1.807) is 24.3 Å². The smallest absolute Gasteiger partial charge is 0.339 e. The number of halogens is 1. The number of anilines is 1. The lowest BCUT2D eigenvalue weighted by atomic mass is 9.98. The molecule has 0 bridgehead atoms. The predicted molar refractivity (Wildman–Crippen MR) is 173 cm³/mol. The minimum atomic E-state index is -1.01. The van der Waals surface area contributed by atoms with E-state index < -0.39 is 5.97 Å². The van der Waals surface area contributed by atoms with Crippen LogP contribution in [-0.4, -0.2) is 74.3 Å². The minimum absolute atomic E-state index is 0.142. The van der Waals surface area contributed by atoms with Crippen LogP contribution in [0.2, 0.25) is 5.02 Å². The highest BCUT2D eigenvalue weighted by Gasteiger charge is 2.20. The van der Waals surface area contributed by atoms with Crippen LogP contribution in [0.1, 0.15) is 22.3 Å². The molecule has 7 nitrogen and oxygen atoms in total. The fraction of sp³-hybridized carbons (Fsp3) is 0.286. The number of ether oxygens (including phenoxy) is 2. The number of para-hydroxylation sites is 1. The lowest BCUT2D eigenvalue weighted by Gasteiger charge is -2.36. The Kier molecular flexibility index (Phi) is 10.2. The van der Waals surface area contributed by atoms with Crippen molar-refractivity contribution in [1.82, 2.24) is 9.80 Å². The first-order chi connectivity index (χ1) is 20.9. The first kappa shape index (κ1) is 30.4. The second kappa shape index (κ2) is 14.4. The van der Waals surface area contributed by atoms with Gasteiger partial charge in [-0.05, 0) is 97.9 Å². The van der Waals surface area contributed by atoms with E-state index in [0.29, 0.717) is 18.1 Å².